The molecule has 0 aliphatic heterocycles. The highest BCUT2D eigenvalue weighted by Gasteiger charge is 2.10. The average Bonchev–Trinajstić information content (AvgIpc) is 2.81. The Morgan fingerprint density at radius 2 is 2.18 bits per heavy atom. The second kappa shape index (κ2) is 4.77. The molecule has 1 aromatic heterocycles. The summed E-state index contributed by atoms with van der Waals surface area (Å²) in [7, 11) is 1.55. The summed E-state index contributed by atoms with van der Waals surface area (Å²) in [5.74, 6) is -0.248. The minimum absolute atomic E-state index is 0.248. The number of carbonyl (C=O) groups is 1. The van der Waals surface area contributed by atoms with E-state index in [0.29, 0.717) is 21.4 Å². The number of hydrogen-bond donors (Lipinski definition) is 1. The van der Waals surface area contributed by atoms with Crippen LogP contribution in [0.15, 0.2) is 30.7 Å². The molecule has 1 heterocycles. The third-order valence-corrected chi connectivity index (χ3v) is 3.06. The van der Waals surface area contributed by atoms with Gasteiger partial charge in [0.15, 0.2) is 0 Å². The maximum Gasteiger partial charge on any atom is 0.271 e. The molecule has 4 nitrogen and oxygen atoms in total. The molecular weight excluding hydrogens is 261 g/mol. The normalized spacial score (nSPS) is 10.3. The number of imidazole rings is 1. The predicted octanol–water partition coefficient (Wildman–Crippen LogP) is 2.54. The zero-order chi connectivity index (χ0) is 12.4. The average molecular weight is 270 g/mol. The van der Waals surface area contributed by atoms with Gasteiger partial charge in [0.25, 0.3) is 5.91 Å². The monoisotopic (exact) mass is 269 g/mol. The van der Waals surface area contributed by atoms with Crippen molar-refractivity contribution in [2.24, 2.45) is 0 Å². The van der Waals surface area contributed by atoms with Crippen LogP contribution in [0.4, 0.5) is 0 Å². The zero-order valence-electron chi connectivity index (χ0n) is 8.95. The minimum atomic E-state index is -0.248. The molecule has 0 bridgehead atoms. The molecule has 1 N–H and O–H groups in total. The number of nitrogens with zero attached hydrogens (tertiary/aromatic N) is 2. The van der Waals surface area contributed by atoms with Crippen molar-refractivity contribution in [3.05, 3.63) is 46.5 Å². The Bertz CT molecular complexity index is 566. The second-order valence-corrected chi connectivity index (χ2v) is 4.10. The van der Waals surface area contributed by atoms with Gasteiger partial charge in [0.2, 0.25) is 0 Å². The van der Waals surface area contributed by atoms with Crippen LogP contribution in [0.1, 0.15) is 10.5 Å². The first kappa shape index (κ1) is 12.0. The molecule has 1 amide bonds. The molecule has 0 saturated carbocycles. The first-order valence-corrected chi connectivity index (χ1v) is 5.59. The zero-order valence-corrected chi connectivity index (χ0v) is 10.5. The third-order valence-electron chi connectivity index (χ3n) is 2.25. The summed E-state index contributed by atoms with van der Waals surface area (Å²) in [6, 6.07) is 5.27. The van der Waals surface area contributed by atoms with Gasteiger partial charge in [0.05, 0.1) is 15.7 Å². The summed E-state index contributed by atoms with van der Waals surface area (Å²) in [5, 5.41) is 3.38. The molecule has 0 fully saturated rings. The molecule has 1 aromatic carbocycles. The number of benzene rings is 1. The number of aromatic nitrogens is 2. The lowest BCUT2D eigenvalue weighted by Crippen LogP contribution is -2.17. The van der Waals surface area contributed by atoms with E-state index in [1.807, 2.05) is 0 Å². The number of nitrogens with one attached hydrogen (secondary N) is 1. The molecular formula is C11H9Cl2N3O. The molecule has 6 heteroatoms. The van der Waals surface area contributed by atoms with Gasteiger partial charge >= 0.3 is 0 Å². The highest BCUT2D eigenvalue weighted by Crippen LogP contribution is 2.28. The maximum absolute atomic E-state index is 11.4. The molecule has 0 atom stereocenters. The molecule has 0 aliphatic rings. The maximum atomic E-state index is 11.4. The van der Waals surface area contributed by atoms with E-state index in [0.717, 1.165) is 0 Å². The van der Waals surface area contributed by atoms with Crippen molar-refractivity contribution in [3.8, 4) is 5.69 Å². The van der Waals surface area contributed by atoms with Gasteiger partial charge in [-0.2, -0.15) is 0 Å². The molecule has 0 spiro atoms. The van der Waals surface area contributed by atoms with E-state index >= 15 is 0 Å². The van der Waals surface area contributed by atoms with Crippen molar-refractivity contribution in [1.29, 1.82) is 0 Å². The first-order valence-electron chi connectivity index (χ1n) is 4.84. The van der Waals surface area contributed by atoms with Crippen LogP contribution in [0, 0.1) is 0 Å². The van der Waals surface area contributed by atoms with E-state index < -0.39 is 0 Å². The third kappa shape index (κ3) is 2.28. The van der Waals surface area contributed by atoms with Crippen molar-refractivity contribution in [2.45, 2.75) is 0 Å². The van der Waals surface area contributed by atoms with E-state index in [1.165, 1.54) is 6.33 Å². The van der Waals surface area contributed by atoms with Crippen molar-refractivity contribution >= 4 is 29.1 Å². The summed E-state index contributed by atoms with van der Waals surface area (Å²) in [6.45, 7) is 0. The highest BCUT2D eigenvalue weighted by molar-refractivity contribution is 6.43. The van der Waals surface area contributed by atoms with Gasteiger partial charge < -0.3 is 9.88 Å². The molecule has 0 aliphatic carbocycles. The van der Waals surface area contributed by atoms with E-state index in [1.54, 1.807) is 36.0 Å². The van der Waals surface area contributed by atoms with Crippen molar-refractivity contribution in [2.75, 3.05) is 7.05 Å². The fraction of sp³-hybridized carbons (Fsp3) is 0.0909. The summed E-state index contributed by atoms with van der Waals surface area (Å²) in [4.78, 5) is 15.3. The lowest BCUT2D eigenvalue weighted by molar-refractivity contribution is 0.0958. The van der Waals surface area contributed by atoms with Crippen LogP contribution in [-0.2, 0) is 0 Å². The highest BCUT2D eigenvalue weighted by atomic mass is 35.5. The Labute approximate surface area is 108 Å². The van der Waals surface area contributed by atoms with Crippen LogP contribution >= 0.6 is 23.2 Å². The lowest BCUT2D eigenvalue weighted by Gasteiger charge is -2.05. The van der Waals surface area contributed by atoms with Crippen LogP contribution < -0.4 is 5.32 Å². The smallest absolute Gasteiger partial charge is 0.271 e. The number of hydrogen-bond acceptors (Lipinski definition) is 2. The molecule has 17 heavy (non-hydrogen) atoms. The largest absolute Gasteiger partial charge is 0.354 e. The molecule has 2 aromatic rings. The van der Waals surface area contributed by atoms with Gasteiger partial charge in [0, 0.05) is 13.2 Å². The van der Waals surface area contributed by atoms with Crippen LogP contribution in [0.5, 0.6) is 0 Å². The minimum Gasteiger partial charge on any atom is -0.354 e. The van der Waals surface area contributed by atoms with Gasteiger partial charge in [-0.15, -0.1) is 0 Å². The quantitative estimate of drug-likeness (QED) is 0.911. The molecule has 88 valence electrons. The molecule has 0 radical (unpaired) electrons. The van der Waals surface area contributed by atoms with E-state index in [-0.39, 0.29) is 5.91 Å². The van der Waals surface area contributed by atoms with Crippen molar-refractivity contribution in [1.82, 2.24) is 14.9 Å². The van der Waals surface area contributed by atoms with E-state index in [2.05, 4.69) is 10.3 Å². The van der Waals surface area contributed by atoms with Gasteiger partial charge in [-0.05, 0) is 12.1 Å². The van der Waals surface area contributed by atoms with E-state index in [4.69, 9.17) is 23.2 Å². The number of rotatable bonds is 2. The topological polar surface area (TPSA) is 46.9 Å². The van der Waals surface area contributed by atoms with E-state index in [9.17, 15) is 4.79 Å². The summed E-state index contributed by atoms with van der Waals surface area (Å²) in [5.41, 5.74) is 1.00. The number of carbonyl (C=O) groups excluding carboxylic acids is 1. The summed E-state index contributed by atoms with van der Waals surface area (Å²) in [6.07, 6.45) is 3.11. The standard InChI is InChI=1S/C11H9Cl2N3O/c1-14-11(17)8-5-16(6-15-8)9-4-2-3-7(12)10(9)13/h2-6H,1H3,(H,14,17). The SMILES string of the molecule is CNC(=O)c1cn(-c2cccc(Cl)c2Cl)cn1. The van der Waals surface area contributed by atoms with Crippen LogP contribution in [0.2, 0.25) is 10.0 Å². The Balaban J connectivity index is 2.44. The predicted molar refractivity (Wildman–Crippen MR) is 67.0 cm³/mol. The van der Waals surface area contributed by atoms with Gasteiger partial charge in [-0.25, -0.2) is 4.98 Å². The Morgan fingerprint density at radius 3 is 2.88 bits per heavy atom. The molecule has 2 rings (SSSR count). The van der Waals surface area contributed by atoms with Crippen LogP contribution in [0.25, 0.3) is 5.69 Å². The molecule has 0 unspecified atom stereocenters. The molecule has 0 saturated heterocycles. The number of halogens is 2. The van der Waals surface area contributed by atoms with Crippen LogP contribution in [-0.4, -0.2) is 22.5 Å². The summed E-state index contributed by atoms with van der Waals surface area (Å²) < 4.78 is 1.65. The lowest BCUT2D eigenvalue weighted by atomic mass is 10.3. The summed E-state index contributed by atoms with van der Waals surface area (Å²) >= 11 is 12.0. The van der Waals surface area contributed by atoms with Crippen LogP contribution in [0.3, 0.4) is 0 Å². The Morgan fingerprint density at radius 1 is 1.41 bits per heavy atom. The van der Waals surface area contributed by atoms with Crippen molar-refractivity contribution < 1.29 is 4.79 Å². The van der Waals surface area contributed by atoms with Crippen molar-refractivity contribution in [3.63, 3.8) is 0 Å². The van der Waals surface area contributed by atoms with Gasteiger partial charge in [0.1, 0.15) is 12.0 Å². The first-order chi connectivity index (χ1) is 8.13. The fourth-order valence-electron chi connectivity index (χ4n) is 1.39. The van der Waals surface area contributed by atoms with Gasteiger partial charge in [-0.1, -0.05) is 29.3 Å². The Kier molecular flexibility index (Phi) is 3.36. The van der Waals surface area contributed by atoms with Gasteiger partial charge in [-0.3, -0.25) is 4.79 Å². The number of amides is 1. The Hall–Kier alpha value is -1.52. The fourth-order valence-corrected chi connectivity index (χ4v) is 1.78. The second-order valence-electron chi connectivity index (χ2n) is 3.32.